The van der Waals surface area contributed by atoms with Crippen molar-refractivity contribution in [3.8, 4) is 0 Å². The van der Waals surface area contributed by atoms with Gasteiger partial charge >= 0.3 is 0 Å². The molecule has 0 aliphatic heterocycles. The molecule has 3 nitrogen and oxygen atoms in total. The highest BCUT2D eigenvalue weighted by molar-refractivity contribution is 7.99. The van der Waals surface area contributed by atoms with Crippen molar-refractivity contribution in [3.05, 3.63) is 5.82 Å². The summed E-state index contributed by atoms with van der Waals surface area (Å²) < 4.78 is 0. The van der Waals surface area contributed by atoms with Gasteiger partial charge in [0.25, 0.3) is 0 Å². The van der Waals surface area contributed by atoms with E-state index in [0.717, 1.165) is 26.6 Å². The topological polar surface area (TPSA) is 37.8 Å². The average Bonchev–Trinajstić information content (AvgIpc) is 2.72. The number of aromatic nitrogens is 2. The Morgan fingerprint density at radius 2 is 1.28 bits per heavy atom. The molecule has 0 aromatic carbocycles. The summed E-state index contributed by atoms with van der Waals surface area (Å²) in [5.41, 5.74) is 1.00. The molecule has 1 unspecified atom stereocenters. The molecule has 1 aromatic heterocycles. The number of nitrogens with zero attached hydrogens (tertiary/aromatic N) is 2. The second kappa shape index (κ2) is 16.4. The maximum absolute atomic E-state index is 5.92. The Morgan fingerprint density at radius 1 is 0.828 bits per heavy atom. The van der Waals surface area contributed by atoms with Crippen LogP contribution in [0.1, 0.15) is 96.7 Å². The van der Waals surface area contributed by atoms with Gasteiger partial charge < -0.3 is 5.32 Å². The number of anilines is 1. The molecule has 29 heavy (non-hydrogen) atoms. The van der Waals surface area contributed by atoms with Crippen LogP contribution in [0.5, 0.6) is 0 Å². The molecular weight excluding hydrogens is 414 g/mol. The highest BCUT2D eigenvalue weighted by atomic mass is 32.2. The van der Waals surface area contributed by atoms with Crippen LogP contribution in [-0.2, 0) is 0 Å². The van der Waals surface area contributed by atoms with Gasteiger partial charge in [0.2, 0.25) is 0 Å². The van der Waals surface area contributed by atoms with Crippen molar-refractivity contribution in [1.82, 2.24) is 9.97 Å². The monoisotopic (exact) mass is 455 g/mol. The van der Waals surface area contributed by atoms with Crippen LogP contribution in [0.4, 0.5) is 5.69 Å². The third kappa shape index (κ3) is 10.5. The fourth-order valence-corrected chi connectivity index (χ4v) is 5.10. The fraction of sp³-hybridized carbons (Fsp3) is 0.783. The number of thiocarbonyl (C=S) groups is 1. The van der Waals surface area contributed by atoms with Crippen molar-refractivity contribution >= 4 is 46.4 Å². The molecule has 1 atom stereocenters. The van der Waals surface area contributed by atoms with Gasteiger partial charge in [-0.1, -0.05) is 90.3 Å². The second-order valence-corrected chi connectivity index (χ2v) is 9.79. The Morgan fingerprint density at radius 3 is 1.76 bits per heavy atom. The van der Waals surface area contributed by atoms with Crippen LogP contribution in [0.3, 0.4) is 0 Å². The number of hydrogen-bond acceptors (Lipinski definition) is 5. The number of hydrogen-bond donors (Lipinski definition) is 1. The van der Waals surface area contributed by atoms with E-state index in [9.17, 15) is 0 Å². The van der Waals surface area contributed by atoms with Crippen LogP contribution >= 0.6 is 35.7 Å². The normalized spacial score (nSPS) is 12.2. The highest BCUT2D eigenvalue weighted by Gasteiger charge is 2.19. The molecule has 0 amide bonds. The zero-order valence-corrected chi connectivity index (χ0v) is 21.6. The van der Waals surface area contributed by atoms with Crippen LogP contribution in [0.25, 0.3) is 0 Å². The third-order valence-electron chi connectivity index (χ3n) is 5.27. The molecule has 0 fully saturated rings. The molecule has 0 saturated heterocycles. The maximum Gasteiger partial charge on any atom is 0.128 e. The van der Waals surface area contributed by atoms with Gasteiger partial charge in [-0.25, -0.2) is 9.97 Å². The van der Waals surface area contributed by atoms with Gasteiger partial charge in [-0.05, 0) is 32.3 Å². The summed E-state index contributed by atoms with van der Waals surface area (Å²) >= 11 is 9.24. The molecule has 1 heterocycles. The summed E-state index contributed by atoms with van der Waals surface area (Å²) in [4.78, 5) is 10.2. The van der Waals surface area contributed by atoms with E-state index < -0.39 is 0 Å². The largest absolute Gasteiger partial charge is 0.345 e. The van der Waals surface area contributed by atoms with Crippen LogP contribution in [0.2, 0.25) is 0 Å². The van der Waals surface area contributed by atoms with Crippen molar-refractivity contribution < 1.29 is 0 Å². The SMILES string of the molecule is CCCCCCCCC(CCCCCC)C(=S)Nc1c(SC)nc(C)nc1SC. The number of aryl methyl sites for hydroxylation is 1. The molecule has 0 saturated carbocycles. The molecule has 0 radical (unpaired) electrons. The predicted octanol–water partition coefficient (Wildman–Crippen LogP) is 8.31. The van der Waals surface area contributed by atoms with E-state index in [4.69, 9.17) is 12.2 Å². The predicted molar refractivity (Wildman–Crippen MR) is 137 cm³/mol. The van der Waals surface area contributed by atoms with Crippen LogP contribution < -0.4 is 5.32 Å². The highest BCUT2D eigenvalue weighted by Crippen LogP contribution is 2.33. The maximum atomic E-state index is 5.92. The van der Waals surface area contributed by atoms with Gasteiger partial charge in [-0.15, -0.1) is 23.5 Å². The van der Waals surface area contributed by atoms with Crippen molar-refractivity contribution in [2.45, 2.75) is 108 Å². The van der Waals surface area contributed by atoms with E-state index in [2.05, 4.69) is 41.6 Å². The smallest absolute Gasteiger partial charge is 0.128 e. The van der Waals surface area contributed by atoms with Crippen molar-refractivity contribution in [2.75, 3.05) is 17.8 Å². The molecule has 1 N–H and O–H groups in total. The Labute approximate surface area is 193 Å². The molecular formula is C23H41N3S3. The standard InChI is InChI=1S/C23H41N3S3/c1-6-8-10-12-13-15-17-19(16-14-11-9-7-2)21(27)26-20-22(28-4)24-18(3)25-23(20)29-5/h19H,6-17H2,1-5H3,(H,26,27). The van der Waals surface area contributed by atoms with Gasteiger partial charge in [-0.3, -0.25) is 0 Å². The number of unbranched alkanes of at least 4 members (excludes halogenated alkanes) is 8. The number of thioether (sulfide) groups is 2. The van der Waals surface area contributed by atoms with Crippen molar-refractivity contribution in [1.29, 1.82) is 0 Å². The lowest BCUT2D eigenvalue weighted by atomic mass is 9.94. The summed E-state index contributed by atoms with van der Waals surface area (Å²) in [6.45, 7) is 6.50. The number of rotatable bonds is 16. The average molecular weight is 456 g/mol. The lowest BCUT2D eigenvalue weighted by Crippen LogP contribution is -2.22. The van der Waals surface area contributed by atoms with Crippen LogP contribution in [0.15, 0.2) is 10.1 Å². The first kappa shape index (κ1) is 26.7. The molecule has 1 aromatic rings. The van der Waals surface area contributed by atoms with Gasteiger partial charge in [0, 0.05) is 5.92 Å². The Bertz CT molecular complexity index is 568. The quantitative estimate of drug-likeness (QED) is 0.117. The lowest BCUT2D eigenvalue weighted by Gasteiger charge is -2.21. The molecule has 0 bridgehead atoms. The van der Waals surface area contributed by atoms with E-state index in [1.54, 1.807) is 23.5 Å². The van der Waals surface area contributed by atoms with E-state index in [1.807, 2.05) is 6.92 Å². The van der Waals surface area contributed by atoms with Gasteiger partial charge in [-0.2, -0.15) is 0 Å². The van der Waals surface area contributed by atoms with E-state index in [1.165, 1.54) is 77.0 Å². The second-order valence-electron chi connectivity index (χ2n) is 7.76. The lowest BCUT2D eigenvalue weighted by molar-refractivity contribution is 0.491. The van der Waals surface area contributed by atoms with E-state index >= 15 is 0 Å². The number of nitrogens with one attached hydrogen (secondary N) is 1. The minimum atomic E-state index is 0.457. The van der Waals surface area contributed by atoms with Gasteiger partial charge in [0.05, 0.1) is 4.99 Å². The zero-order chi connectivity index (χ0) is 21.5. The summed E-state index contributed by atoms with van der Waals surface area (Å²) in [6.07, 6.45) is 19.7. The minimum Gasteiger partial charge on any atom is -0.345 e. The molecule has 1 rings (SSSR count). The third-order valence-corrected chi connectivity index (χ3v) is 7.07. The Balaban J connectivity index is 2.76. The summed E-state index contributed by atoms with van der Waals surface area (Å²) in [7, 11) is 0. The molecule has 6 heteroatoms. The zero-order valence-electron chi connectivity index (χ0n) is 19.2. The molecule has 0 spiro atoms. The van der Waals surface area contributed by atoms with Crippen LogP contribution in [-0.4, -0.2) is 27.5 Å². The molecule has 166 valence electrons. The van der Waals surface area contributed by atoms with Gasteiger partial charge in [0.15, 0.2) is 0 Å². The van der Waals surface area contributed by atoms with Crippen molar-refractivity contribution in [3.63, 3.8) is 0 Å². The summed E-state index contributed by atoms with van der Waals surface area (Å²) in [6, 6.07) is 0. The summed E-state index contributed by atoms with van der Waals surface area (Å²) in [5.74, 6) is 1.28. The molecule has 0 aliphatic rings. The Hall–Kier alpha value is -0.330. The molecule has 0 aliphatic carbocycles. The minimum absolute atomic E-state index is 0.457. The summed E-state index contributed by atoms with van der Waals surface area (Å²) in [5, 5.41) is 5.56. The Kier molecular flexibility index (Phi) is 15.1. The fourth-order valence-electron chi connectivity index (χ4n) is 3.54. The van der Waals surface area contributed by atoms with Crippen molar-refractivity contribution in [2.24, 2.45) is 5.92 Å². The van der Waals surface area contributed by atoms with E-state index in [0.29, 0.717) is 5.92 Å². The van der Waals surface area contributed by atoms with E-state index in [-0.39, 0.29) is 0 Å². The van der Waals surface area contributed by atoms with Gasteiger partial charge in [0.1, 0.15) is 21.6 Å². The van der Waals surface area contributed by atoms with Crippen LogP contribution in [0, 0.1) is 12.8 Å². The first-order chi connectivity index (χ1) is 14.1. The first-order valence-electron chi connectivity index (χ1n) is 11.3. The first-order valence-corrected chi connectivity index (χ1v) is 14.2.